The van der Waals surface area contributed by atoms with Gasteiger partial charge in [-0.25, -0.2) is 22.1 Å². The Labute approximate surface area is 168 Å². The third-order valence-corrected chi connectivity index (χ3v) is 7.21. The number of benzene rings is 2. The first-order valence-electron chi connectivity index (χ1n) is 7.84. The minimum absolute atomic E-state index is 0.0647. The molecule has 3 rings (SSSR count). The van der Waals surface area contributed by atoms with Gasteiger partial charge < -0.3 is 0 Å². The molecule has 0 aliphatic carbocycles. The summed E-state index contributed by atoms with van der Waals surface area (Å²) in [6.45, 7) is 3.76. The van der Waals surface area contributed by atoms with Crippen molar-refractivity contribution in [1.82, 2.24) is 4.98 Å². The zero-order valence-electron chi connectivity index (χ0n) is 14.4. The van der Waals surface area contributed by atoms with Crippen LogP contribution in [0.2, 0.25) is 0 Å². The number of nitrogens with zero attached hydrogens (tertiary/aromatic N) is 2. The molecule has 0 bridgehead atoms. The van der Waals surface area contributed by atoms with E-state index in [4.69, 9.17) is 0 Å². The summed E-state index contributed by atoms with van der Waals surface area (Å²) in [5, 5.41) is -0.690. The molecule has 1 heterocycles. The molecule has 1 aromatic heterocycles. The highest BCUT2D eigenvalue weighted by molar-refractivity contribution is 9.10. The van der Waals surface area contributed by atoms with Crippen molar-refractivity contribution < 1.29 is 17.2 Å². The highest BCUT2D eigenvalue weighted by Gasteiger charge is 2.30. The predicted octanol–water partition coefficient (Wildman–Crippen LogP) is 5.20. The highest BCUT2D eigenvalue weighted by Crippen LogP contribution is 2.31. The molecule has 0 saturated carbocycles. The van der Waals surface area contributed by atoms with Crippen LogP contribution >= 0.6 is 27.3 Å². The van der Waals surface area contributed by atoms with Gasteiger partial charge in [-0.2, -0.15) is 4.39 Å². The van der Waals surface area contributed by atoms with Crippen LogP contribution in [-0.2, 0) is 16.6 Å². The first-order valence-corrected chi connectivity index (χ1v) is 10.9. The smallest absolute Gasteiger partial charge is 0.236 e. The average molecular weight is 473 g/mol. The van der Waals surface area contributed by atoms with E-state index in [1.165, 1.54) is 12.1 Å². The molecule has 0 aliphatic heterocycles. The second-order valence-electron chi connectivity index (χ2n) is 5.95. The van der Waals surface area contributed by atoms with Crippen molar-refractivity contribution in [3.63, 3.8) is 0 Å². The van der Waals surface area contributed by atoms with Crippen LogP contribution in [0.4, 0.5) is 13.9 Å². The fourth-order valence-electron chi connectivity index (χ4n) is 2.48. The minimum atomic E-state index is -4.31. The maximum atomic E-state index is 14.3. The Morgan fingerprint density at radius 2 is 1.85 bits per heavy atom. The van der Waals surface area contributed by atoms with Crippen LogP contribution < -0.4 is 4.31 Å². The van der Waals surface area contributed by atoms with Gasteiger partial charge in [0.1, 0.15) is 10.7 Å². The molecule has 0 unspecified atom stereocenters. The fourth-order valence-corrected chi connectivity index (χ4v) is 5.35. The molecule has 0 spiro atoms. The van der Waals surface area contributed by atoms with Crippen molar-refractivity contribution in [2.24, 2.45) is 0 Å². The van der Waals surface area contributed by atoms with Crippen LogP contribution in [-0.4, -0.2) is 13.4 Å². The third-order valence-electron chi connectivity index (χ3n) is 4.04. The van der Waals surface area contributed by atoms with Gasteiger partial charge in [0.15, 0.2) is 5.13 Å². The van der Waals surface area contributed by atoms with Crippen LogP contribution in [0.25, 0.3) is 0 Å². The molecule has 0 amide bonds. The number of hydrogen-bond donors (Lipinski definition) is 0. The largest absolute Gasteiger partial charge is 0.269 e. The van der Waals surface area contributed by atoms with Gasteiger partial charge >= 0.3 is 0 Å². The lowest BCUT2D eigenvalue weighted by molar-refractivity contribution is 0.563. The van der Waals surface area contributed by atoms with E-state index in [-0.39, 0.29) is 11.7 Å². The van der Waals surface area contributed by atoms with E-state index in [1.54, 1.807) is 6.07 Å². The Hall–Kier alpha value is -1.84. The highest BCUT2D eigenvalue weighted by atomic mass is 79.9. The van der Waals surface area contributed by atoms with E-state index < -0.39 is 25.9 Å². The number of rotatable bonds is 5. The first kappa shape index (κ1) is 19.9. The van der Waals surface area contributed by atoms with Gasteiger partial charge in [0.2, 0.25) is 5.13 Å². The van der Waals surface area contributed by atoms with Gasteiger partial charge in [-0.15, -0.1) is 0 Å². The summed E-state index contributed by atoms with van der Waals surface area (Å²) in [5.74, 6) is -0.889. The van der Waals surface area contributed by atoms with Crippen molar-refractivity contribution in [1.29, 1.82) is 0 Å². The fraction of sp³-hybridized carbons (Fsp3) is 0.167. The molecule has 0 atom stereocenters. The molecule has 4 nitrogen and oxygen atoms in total. The standard InChI is InChI=1S/C18H15BrF2N2O2S2/c1-11-3-4-13(7-12(11)2)10-23(18-22-9-17(21)26-18)27(24,25)16-8-14(19)5-6-15(16)20/h3-9H,10H2,1-2H3. The second kappa shape index (κ2) is 7.65. The van der Waals surface area contributed by atoms with E-state index >= 15 is 0 Å². The maximum Gasteiger partial charge on any atom is 0.269 e. The number of halogens is 3. The van der Waals surface area contributed by atoms with Gasteiger partial charge in [-0.05, 0) is 48.7 Å². The van der Waals surface area contributed by atoms with E-state index in [2.05, 4.69) is 20.9 Å². The summed E-state index contributed by atoms with van der Waals surface area (Å²) in [6.07, 6.45) is 0.945. The van der Waals surface area contributed by atoms with Crippen molar-refractivity contribution in [2.45, 2.75) is 25.3 Å². The topological polar surface area (TPSA) is 50.3 Å². The Morgan fingerprint density at radius 3 is 2.48 bits per heavy atom. The molecule has 2 aromatic carbocycles. The van der Waals surface area contributed by atoms with Crippen molar-refractivity contribution >= 4 is 42.4 Å². The number of thiazole rings is 1. The molecular formula is C18H15BrF2N2O2S2. The number of aryl methyl sites for hydroxylation is 2. The lowest BCUT2D eigenvalue weighted by Gasteiger charge is -2.22. The molecule has 27 heavy (non-hydrogen) atoms. The molecule has 142 valence electrons. The number of hydrogen-bond acceptors (Lipinski definition) is 4. The van der Waals surface area contributed by atoms with Crippen molar-refractivity contribution in [3.8, 4) is 0 Å². The van der Waals surface area contributed by atoms with Gasteiger partial charge in [-0.3, -0.25) is 0 Å². The summed E-state index contributed by atoms with van der Waals surface area (Å²) in [7, 11) is -4.31. The van der Waals surface area contributed by atoms with Crippen LogP contribution in [0.15, 0.2) is 52.0 Å². The van der Waals surface area contributed by atoms with Gasteiger partial charge in [0, 0.05) is 4.47 Å². The summed E-state index contributed by atoms with van der Waals surface area (Å²) in [5.41, 5.74) is 2.74. The zero-order valence-corrected chi connectivity index (χ0v) is 17.6. The van der Waals surface area contributed by atoms with Gasteiger partial charge in [0.25, 0.3) is 10.0 Å². The predicted molar refractivity (Wildman–Crippen MR) is 105 cm³/mol. The lowest BCUT2D eigenvalue weighted by Crippen LogP contribution is -2.31. The second-order valence-corrected chi connectivity index (χ2v) is 9.66. The van der Waals surface area contributed by atoms with E-state index in [9.17, 15) is 17.2 Å². The molecule has 0 aliphatic rings. The quantitative estimate of drug-likeness (QED) is 0.512. The van der Waals surface area contributed by atoms with Gasteiger partial charge in [0.05, 0.1) is 12.7 Å². The average Bonchev–Trinajstić information content (AvgIpc) is 3.03. The number of aromatic nitrogens is 1. The Kier molecular flexibility index (Phi) is 5.64. The van der Waals surface area contributed by atoms with Crippen molar-refractivity contribution in [3.05, 3.63) is 74.7 Å². The lowest BCUT2D eigenvalue weighted by atomic mass is 10.1. The van der Waals surface area contributed by atoms with Gasteiger partial charge in [-0.1, -0.05) is 45.5 Å². The molecule has 0 N–H and O–H groups in total. The number of anilines is 1. The van der Waals surface area contributed by atoms with E-state index in [0.717, 1.165) is 27.7 Å². The summed E-state index contributed by atoms with van der Waals surface area (Å²) < 4.78 is 55.5. The Bertz CT molecular complexity index is 1100. The molecular weight excluding hydrogens is 458 g/mol. The normalized spacial score (nSPS) is 11.6. The minimum Gasteiger partial charge on any atom is -0.236 e. The molecule has 0 saturated heterocycles. The monoisotopic (exact) mass is 472 g/mol. The first-order chi connectivity index (χ1) is 12.7. The Morgan fingerprint density at radius 1 is 1.11 bits per heavy atom. The SMILES string of the molecule is Cc1ccc(CN(c2ncc(F)s2)S(=O)(=O)c2cc(Br)ccc2F)cc1C. The van der Waals surface area contributed by atoms with Crippen LogP contribution in [0.3, 0.4) is 0 Å². The maximum absolute atomic E-state index is 14.3. The molecule has 9 heteroatoms. The molecule has 3 aromatic rings. The van der Waals surface area contributed by atoms with Crippen LogP contribution in [0, 0.1) is 24.8 Å². The van der Waals surface area contributed by atoms with E-state index in [1.807, 2.05) is 26.0 Å². The third kappa shape index (κ3) is 4.20. The van der Waals surface area contributed by atoms with Crippen LogP contribution in [0.1, 0.15) is 16.7 Å². The van der Waals surface area contributed by atoms with E-state index in [0.29, 0.717) is 21.4 Å². The summed E-state index contributed by atoms with van der Waals surface area (Å²) in [4.78, 5) is 3.35. The molecule has 0 radical (unpaired) electrons. The summed E-state index contributed by atoms with van der Waals surface area (Å²) >= 11 is 3.75. The van der Waals surface area contributed by atoms with Crippen LogP contribution in [0.5, 0.6) is 0 Å². The summed E-state index contributed by atoms with van der Waals surface area (Å²) in [6, 6.07) is 9.16. The van der Waals surface area contributed by atoms with Crippen molar-refractivity contribution in [2.75, 3.05) is 4.31 Å². The number of sulfonamides is 1. The zero-order chi connectivity index (χ0) is 19.8. The molecule has 0 fully saturated rings. The Balaban J connectivity index is 2.11.